The minimum absolute atomic E-state index is 0.152. The van der Waals surface area contributed by atoms with Gasteiger partial charge in [0.15, 0.2) is 10.7 Å². The van der Waals surface area contributed by atoms with Crippen LogP contribution >= 0.6 is 46.8 Å². The van der Waals surface area contributed by atoms with Crippen LogP contribution in [-0.2, 0) is 6.42 Å². The topological polar surface area (TPSA) is 67.2 Å². The van der Waals surface area contributed by atoms with Crippen LogP contribution in [0.25, 0.3) is 32.6 Å². The fourth-order valence-corrected chi connectivity index (χ4v) is 5.45. The van der Waals surface area contributed by atoms with E-state index in [0.717, 1.165) is 33.2 Å². The van der Waals surface area contributed by atoms with Crippen molar-refractivity contribution < 1.29 is 9.21 Å². The second-order valence-electron chi connectivity index (χ2n) is 7.55. The summed E-state index contributed by atoms with van der Waals surface area (Å²) in [5, 5.41) is 7.61. The van der Waals surface area contributed by atoms with Crippen LogP contribution in [0.1, 0.15) is 22.2 Å². The molecular formula is C25H17Cl2N3O2S2. The maximum absolute atomic E-state index is 12.8. The number of anilines is 1. The summed E-state index contributed by atoms with van der Waals surface area (Å²) < 4.78 is 6.75. The molecule has 0 radical (unpaired) electrons. The first kappa shape index (κ1) is 22.8. The number of rotatable bonds is 4. The highest BCUT2D eigenvalue weighted by Gasteiger charge is 2.18. The van der Waals surface area contributed by atoms with E-state index in [9.17, 15) is 4.79 Å². The van der Waals surface area contributed by atoms with Crippen molar-refractivity contribution in [3.8, 4) is 11.5 Å². The average Bonchev–Trinajstić information content (AvgIpc) is 3.39. The number of thiocarbonyl (C=S) groups is 1. The first-order chi connectivity index (χ1) is 16.4. The van der Waals surface area contributed by atoms with Crippen molar-refractivity contribution in [3.63, 3.8) is 0 Å². The van der Waals surface area contributed by atoms with Gasteiger partial charge in [-0.25, -0.2) is 4.98 Å². The Morgan fingerprint density at radius 2 is 1.97 bits per heavy atom. The quantitative estimate of drug-likeness (QED) is 0.235. The number of oxazole rings is 1. The minimum atomic E-state index is -0.387. The van der Waals surface area contributed by atoms with Crippen molar-refractivity contribution in [1.82, 2.24) is 10.3 Å². The van der Waals surface area contributed by atoms with Gasteiger partial charge in [0.2, 0.25) is 5.89 Å². The third-order valence-electron chi connectivity index (χ3n) is 5.25. The van der Waals surface area contributed by atoms with Crippen molar-refractivity contribution in [3.05, 3.63) is 81.1 Å². The molecule has 170 valence electrons. The van der Waals surface area contributed by atoms with Crippen LogP contribution in [0.4, 0.5) is 5.69 Å². The van der Waals surface area contributed by atoms with Crippen LogP contribution in [0.3, 0.4) is 0 Å². The van der Waals surface area contributed by atoms with E-state index in [2.05, 4.69) is 22.5 Å². The van der Waals surface area contributed by atoms with Gasteiger partial charge in [-0.2, -0.15) is 0 Å². The molecule has 0 atom stereocenters. The maximum Gasteiger partial charge on any atom is 0.269 e. The Balaban J connectivity index is 1.32. The Morgan fingerprint density at radius 1 is 1.12 bits per heavy atom. The molecular weight excluding hydrogens is 509 g/mol. The second-order valence-corrected chi connectivity index (χ2v) is 9.82. The van der Waals surface area contributed by atoms with Crippen molar-refractivity contribution in [1.29, 1.82) is 0 Å². The predicted molar refractivity (Wildman–Crippen MR) is 144 cm³/mol. The number of thiophene rings is 1. The lowest BCUT2D eigenvalue weighted by molar-refractivity contribution is 0.0982. The van der Waals surface area contributed by atoms with Gasteiger partial charge >= 0.3 is 0 Å². The summed E-state index contributed by atoms with van der Waals surface area (Å²) in [6.07, 6.45) is 0.932. The molecule has 5 aromatic rings. The molecule has 9 heteroatoms. The number of amides is 1. The summed E-state index contributed by atoms with van der Waals surface area (Å²) in [6, 6.07) is 18.8. The standard InChI is InChI=1S/C25H17Cl2N3O2S2/c1-2-13-6-9-19-18(10-13)29-24(32-19)14-4-3-5-16(11-14)28-25(33)30-23(31)22-21(27)17-8-7-15(26)12-20(17)34-22/h3-12H,2H2,1H3,(H2,28,30,31,33). The maximum atomic E-state index is 12.8. The summed E-state index contributed by atoms with van der Waals surface area (Å²) >= 11 is 19.1. The van der Waals surface area contributed by atoms with E-state index in [1.165, 1.54) is 16.9 Å². The van der Waals surface area contributed by atoms with Crippen LogP contribution in [0, 0.1) is 0 Å². The van der Waals surface area contributed by atoms with E-state index < -0.39 is 0 Å². The van der Waals surface area contributed by atoms with Crippen molar-refractivity contribution in [2.75, 3.05) is 5.32 Å². The number of carbonyl (C=O) groups excluding carboxylic acids is 1. The molecule has 2 heterocycles. The number of benzene rings is 3. The number of hydrogen-bond donors (Lipinski definition) is 2. The zero-order chi connectivity index (χ0) is 23.8. The molecule has 34 heavy (non-hydrogen) atoms. The molecule has 5 nitrogen and oxygen atoms in total. The number of halogens is 2. The number of fused-ring (bicyclic) bond motifs is 2. The molecule has 0 saturated carbocycles. The molecule has 0 bridgehead atoms. The monoisotopic (exact) mass is 525 g/mol. The highest BCUT2D eigenvalue weighted by atomic mass is 35.5. The molecule has 1 amide bonds. The summed E-state index contributed by atoms with van der Waals surface area (Å²) in [4.78, 5) is 17.8. The number of nitrogens with zero attached hydrogens (tertiary/aromatic N) is 1. The van der Waals surface area contributed by atoms with Gasteiger partial charge in [-0.05, 0) is 66.7 Å². The van der Waals surface area contributed by atoms with E-state index in [-0.39, 0.29) is 11.0 Å². The minimum Gasteiger partial charge on any atom is -0.436 e. The van der Waals surface area contributed by atoms with E-state index >= 15 is 0 Å². The van der Waals surface area contributed by atoms with Crippen LogP contribution in [0.2, 0.25) is 10.0 Å². The lowest BCUT2D eigenvalue weighted by Crippen LogP contribution is -2.33. The zero-order valence-electron chi connectivity index (χ0n) is 17.8. The molecule has 0 fully saturated rings. The van der Waals surface area contributed by atoms with Crippen molar-refractivity contribution in [2.24, 2.45) is 0 Å². The highest BCUT2D eigenvalue weighted by Crippen LogP contribution is 2.36. The van der Waals surface area contributed by atoms with Gasteiger partial charge in [0.05, 0.1) is 5.02 Å². The molecule has 0 aliphatic rings. The van der Waals surface area contributed by atoms with E-state index in [1.54, 1.807) is 18.2 Å². The zero-order valence-corrected chi connectivity index (χ0v) is 21.0. The second kappa shape index (κ2) is 9.35. The number of nitrogens with one attached hydrogen (secondary N) is 2. The predicted octanol–water partition coefficient (Wildman–Crippen LogP) is 7.71. The third-order valence-corrected chi connectivity index (χ3v) is 7.35. The van der Waals surface area contributed by atoms with E-state index in [0.29, 0.717) is 26.5 Å². The Morgan fingerprint density at radius 3 is 2.79 bits per heavy atom. The Labute approximate surface area is 214 Å². The lowest BCUT2D eigenvalue weighted by Gasteiger charge is -2.09. The number of aromatic nitrogens is 1. The lowest BCUT2D eigenvalue weighted by atomic mass is 10.1. The van der Waals surface area contributed by atoms with Crippen molar-refractivity contribution in [2.45, 2.75) is 13.3 Å². The first-order valence-electron chi connectivity index (χ1n) is 10.4. The Bertz CT molecular complexity index is 1580. The third kappa shape index (κ3) is 4.52. The van der Waals surface area contributed by atoms with Gasteiger partial charge < -0.3 is 9.73 Å². The molecule has 0 unspecified atom stereocenters. The van der Waals surface area contributed by atoms with Gasteiger partial charge in [-0.3, -0.25) is 10.1 Å². The average molecular weight is 526 g/mol. The molecule has 0 saturated heterocycles. The van der Waals surface area contributed by atoms with Crippen molar-refractivity contribution >= 4 is 84.6 Å². The van der Waals surface area contributed by atoms with Crippen LogP contribution in [-0.4, -0.2) is 16.0 Å². The summed E-state index contributed by atoms with van der Waals surface area (Å²) in [5.41, 5.74) is 4.23. The van der Waals surface area contributed by atoms with Crippen LogP contribution in [0.15, 0.2) is 65.1 Å². The number of aryl methyl sites for hydroxylation is 1. The SMILES string of the molecule is CCc1ccc2oc(-c3cccc(NC(=S)NC(=O)c4sc5cc(Cl)ccc5c4Cl)c3)nc2c1. The molecule has 3 aromatic carbocycles. The Hall–Kier alpha value is -2.97. The molecule has 0 spiro atoms. The fraction of sp³-hybridized carbons (Fsp3) is 0.0800. The number of carbonyl (C=O) groups is 1. The smallest absolute Gasteiger partial charge is 0.269 e. The van der Waals surface area contributed by atoms with E-state index in [1.807, 2.05) is 42.5 Å². The molecule has 5 rings (SSSR count). The number of hydrogen-bond acceptors (Lipinski definition) is 5. The summed E-state index contributed by atoms with van der Waals surface area (Å²) in [5.74, 6) is 0.124. The van der Waals surface area contributed by atoms with Gasteiger partial charge in [0.1, 0.15) is 10.4 Å². The molecule has 0 aliphatic carbocycles. The first-order valence-corrected chi connectivity index (χ1v) is 12.4. The summed E-state index contributed by atoms with van der Waals surface area (Å²) in [7, 11) is 0. The van der Waals surface area contributed by atoms with Crippen LogP contribution in [0.5, 0.6) is 0 Å². The molecule has 2 aromatic heterocycles. The van der Waals surface area contributed by atoms with Gasteiger partial charge in [0, 0.05) is 26.4 Å². The normalized spacial score (nSPS) is 11.1. The highest BCUT2D eigenvalue weighted by molar-refractivity contribution is 7.80. The Kier molecular flexibility index (Phi) is 6.27. The summed E-state index contributed by atoms with van der Waals surface area (Å²) in [6.45, 7) is 2.10. The van der Waals surface area contributed by atoms with Gasteiger partial charge in [0.25, 0.3) is 5.91 Å². The molecule has 0 aliphatic heterocycles. The molecule has 2 N–H and O–H groups in total. The van der Waals surface area contributed by atoms with Gasteiger partial charge in [-0.15, -0.1) is 11.3 Å². The fourth-order valence-electron chi connectivity index (χ4n) is 3.55. The van der Waals surface area contributed by atoms with Gasteiger partial charge in [-0.1, -0.05) is 48.3 Å². The van der Waals surface area contributed by atoms with E-state index in [4.69, 9.17) is 39.8 Å². The largest absolute Gasteiger partial charge is 0.436 e. The van der Waals surface area contributed by atoms with Crippen LogP contribution < -0.4 is 10.6 Å².